The van der Waals surface area contributed by atoms with Crippen molar-refractivity contribution in [2.75, 3.05) is 0 Å². The number of thiophene rings is 1. The molecule has 1 aromatic heterocycles. The van der Waals surface area contributed by atoms with Crippen LogP contribution in [0, 0.1) is 24.0 Å². The molecule has 98 valence electrons. The van der Waals surface area contributed by atoms with Gasteiger partial charge in [0.25, 0.3) is 5.69 Å². The minimum atomic E-state index is -0.543. The van der Waals surface area contributed by atoms with Gasteiger partial charge in [-0.1, -0.05) is 11.6 Å². The maximum atomic E-state index is 12.4. The minimum absolute atomic E-state index is 0.141. The summed E-state index contributed by atoms with van der Waals surface area (Å²) in [5.41, 5.74) is 0.569. The van der Waals surface area contributed by atoms with Crippen LogP contribution in [0.5, 0.6) is 0 Å². The summed E-state index contributed by atoms with van der Waals surface area (Å²) in [6.45, 7) is 3.75. The molecule has 0 spiro atoms. The number of nitro groups is 1. The number of ketones is 1. The zero-order valence-corrected chi connectivity index (χ0v) is 11.8. The normalized spacial score (nSPS) is 10.5. The molecule has 0 N–H and O–H groups in total. The van der Waals surface area contributed by atoms with E-state index < -0.39 is 4.92 Å². The Hall–Kier alpha value is -1.72. The summed E-state index contributed by atoms with van der Waals surface area (Å²) in [6, 6.07) is 5.65. The van der Waals surface area contributed by atoms with Gasteiger partial charge in [0, 0.05) is 33.0 Å². The van der Waals surface area contributed by atoms with E-state index in [4.69, 9.17) is 11.6 Å². The molecule has 2 rings (SSSR count). The molecule has 4 nitrogen and oxygen atoms in total. The number of hydrogen-bond acceptors (Lipinski definition) is 4. The lowest BCUT2D eigenvalue weighted by atomic mass is 10.0. The predicted octanol–water partition coefficient (Wildman–Crippen LogP) is 4.16. The van der Waals surface area contributed by atoms with Crippen molar-refractivity contribution in [3.05, 3.63) is 60.3 Å². The fraction of sp³-hybridized carbons (Fsp3) is 0.154. The van der Waals surface area contributed by atoms with Gasteiger partial charge in [-0.2, -0.15) is 0 Å². The van der Waals surface area contributed by atoms with Crippen LogP contribution in [0.1, 0.15) is 25.7 Å². The van der Waals surface area contributed by atoms with Gasteiger partial charge in [-0.3, -0.25) is 14.9 Å². The second-order valence-corrected chi connectivity index (χ2v) is 5.94. The van der Waals surface area contributed by atoms with E-state index in [9.17, 15) is 14.9 Å². The number of nitro benzene ring substituents is 1. The van der Waals surface area contributed by atoms with Gasteiger partial charge in [0.05, 0.1) is 9.95 Å². The third kappa shape index (κ3) is 2.67. The molecule has 0 saturated heterocycles. The summed E-state index contributed by atoms with van der Waals surface area (Å²) in [5.74, 6) is -0.282. The van der Waals surface area contributed by atoms with E-state index in [-0.39, 0.29) is 22.1 Å². The second kappa shape index (κ2) is 5.11. The van der Waals surface area contributed by atoms with Crippen molar-refractivity contribution in [2.24, 2.45) is 0 Å². The number of carbonyl (C=O) groups is 1. The summed E-state index contributed by atoms with van der Waals surface area (Å²) in [6.07, 6.45) is 0. The average molecular weight is 296 g/mol. The fourth-order valence-corrected chi connectivity index (χ4v) is 2.93. The molecule has 0 aliphatic heterocycles. The molecule has 0 radical (unpaired) electrons. The van der Waals surface area contributed by atoms with Crippen LogP contribution in [0.15, 0.2) is 24.3 Å². The Bertz CT molecular complexity index is 679. The molecule has 2 aromatic rings. The summed E-state index contributed by atoms with van der Waals surface area (Å²) >= 11 is 7.48. The van der Waals surface area contributed by atoms with Gasteiger partial charge >= 0.3 is 0 Å². The van der Waals surface area contributed by atoms with E-state index in [2.05, 4.69) is 0 Å². The van der Waals surface area contributed by atoms with Crippen LogP contribution < -0.4 is 0 Å². The van der Waals surface area contributed by atoms with Crippen molar-refractivity contribution in [3.63, 3.8) is 0 Å². The van der Waals surface area contributed by atoms with Crippen molar-refractivity contribution < 1.29 is 9.72 Å². The molecule has 0 aliphatic rings. The molecule has 0 amide bonds. The summed E-state index contributed by atoms with van der Waals surface area (Å²) in [4.78, 5) is 24.5. The fourth-order valence-electron chi connectivity index (χ4n) is 1.80. The smallest absolute Gasteiger partial charge is 0.270 e. The largest absolute Gasteiger partial charge is 0.289 e. The van der Waals surface area contributed by atoms with Gasteiger partial charge in [-0.25, -0.2) is 0 Å². The SMILES string of the molecule is Cc1cc(C(=O)c2cc([N+](=O)[O-])ccc2Cl)c(C)s1. The van der Waals surface area contributed by atoms with Crippen LogP contribution >= 0.6 is 22.9 Å². The highest BCUT2D eigenvalue weighted by Gasteiger charge is 2.19. The highest BCUT2D eigenvalue weighted by atomic mass is 35.5. The molecule has 1 aromatic carbocycles. The van der Waals surface area contributed by atoms with Crippen LogP contribution in [-0.4, -0.2) is 10.7 Å². The van der Waals surface area contributed by atoms with Crippen LogP contribution in [0.3, 0.4) is 0 Å². The zero-order valence-electron chi connectivity index (χ0n) is 10.3. The summed E-state index contributed by atoms with van der Waals surface area (Å²) in [7, 11) is 0. The molecule has 19 heavy (non-hydrogen) atoms. The Balaban J connectivity index is 2.52. The monoisotopic (exact) mass is 295 g/mol. The first-order valence-corrected chi connectivity index (χ1v) is 6.65. The first-order chi connectivity index (χ1) is 8.90. The van der Waals surface area contributed by atoms with Gasteiger partial charge in [0.15, 0.2) is 5.78 Å². The number of hydrogen-bond donors (Lipinski definition) is 0. The number of nitrogens with zero attached hydrogens (tertiary/aromatic N) is 1. The Kier molecular flexibility index (Phi) is 3.68. The number of aryl methyl sites for hydroxylation is 2. The first kappa shape index (κ1) is 13.7. The summed E-state index contributed by atoms with van der Waals surface area (Å²) < 4.78 is 0. The number of carbonyl (C=O) groups excluding carboxylic acids is 1. The molecular formula is C13H10ClNO3S. The van der Waals surface area contributed by atoms with Crippen molar-refractivity contribution in [1.29, 1.82) is 0 Å². The van der Waals surface area contributed by atoms with Crippen molar-refractivity contribution in [2.45, 2.75) is 13.8 Å². The lowest BCUT2D eigenvalue weighted by molar-refractivity contribution is -0.384. The van der Waals surface area contributed by atoms with Crippen LogP contribution in [-0.2, 0) is 0 Å². The van der Waals surface area contributed by atoms with Gasteiger partial charge < -0.3 is 0 Å². The lowest BCUT2D eigenvalue weighted by Gasteiger charge is -2.03. The quantitative estimate of drug-likeness (QED) is 0.485. The molecule has 0 fully saturated rings. The maximum absolute atomic E-state index is 12.4. The third-order valence-electron chi connectivity index (χ3n) is 2.69. The Labute approximate surface area is 118 Å². The molecule has 0 atom stereocenters. The van der Waals surface area contributed by atoms with E-state index in [1.807, 2.05) is 13.8 Å². The zero-order chi connectivity index (χ0) is 14.2. The topological polar surface area (TPSA) is 60.2 Å². The number of non-ortho nitro benzene ring substituents is 1. The second-order valence-electron chi connectivity index (χ2n) is 4.08. The van der Waals surface area contributed by atoms with E-state index >= 15 is 0 Å². The van der Waals surface area contributed by atoms with Crippen molar-refractivity contribution in [3.8, 4) is 0 Å². The van der Waals surface area contributed by atoms with Crippen LogP contribution in [0.2, 0.25) is 5.02 Å². The highest BCUT2D eigenvalue weighted by Crippen LogP contribution is 2.28. The van der Waals surface area contributed by atoms with E-state index in [0.717, 1.165) is 9.75 Å². The Morgan fingerprint density at radius 1 is 1.26 bits per heavy atom. The van der Waals surface area contributed by atoms with E-state index in [0.29, 0.717) is 5.56 Å². The third-order valence-corrected chi connectivity index (χ3v) is 3.99. The number of benzene rings is 1. The number of rotatable bonds is 3. The van der Waals surface area contributed by atoms with Crippen molar-refractivity contribution in [1.82, 2.24) is 0 Å². The molecule has 0 aliphatic carbocycles. The molecular weight excluding hydrogens is 286 g/mol. The predicted molar refractivity (Wildman–Crippen MR) is 75.3 cm³/mol. The summed E-state index contributed by atoms with van der Waals surface area (Å²) in [5, 5.41) is 11.0. The van der Waals surface area contributed by atoms with E-state index in [1.165, 1.54) is 29.5 Å². The van der Waals surface area contributed by atoms with Crippen molar-refractivity contribution >= 4 is 34.4 Å². The Morgan fingerprint density at radius 3 is 2.47 bits per heavy atom. The van der Waals surface area contributed by atoms with E-state index in [1.54, 1.807) is 6.07 Å². The van der Waals surface area contributed by atoms with Crippen LogP contribution in [0.25, 0.3) is 0 Å². The number of halogens is 1. The van der Waals surface area contributed by atoms with Gasteiger partial charge in [0.1, 0.15) is 0 Å². The van der Waals surface area contributed by atoms with Gasteiger partial charge in [-0.05, 0) is 26.0 Å². The molecule has 1 heterocycles. The molecule has 0 saturated carbocycles. The Morgan fingerprint density at radius 2 is 1.95 bits per heavy atom. The minimum Gasteiger partial charge on any atom is -0.289 e. The lowest BCUT2D eigenvalue weighted by Crippen LogP contribution is -2.03. The average Bonchev–Trinajstić information content (AvgIpc) is 2.68. The van der Waals surface area contributed by atoms with Crippen LogP contribution in [0.4, 0.5) is 5.69 Å². The van der Waals surface area contributed by atoms with Gasteiger partial charge in [0.2, 0.25) is 0 Å². The standard InChI is InChI=1S/C13H10ClNO3S/c1-7-5-10(8(2)19-7)13(16)11-6-9(15(17)18)3-4-12(11)14/h3-6H,1-2H3. The highest BCUT2D eigenvalue weighted by molar-refractivity contribution is 7.12. The van der Waals surface area contributed by atoms with Gasteiger partial charge in [-0.15, -0.1) is 11.3 Å². The maximum Gasteiger partial charge on any atom is 0.270 e. The first-order valence-electron chi connectivity index (χ1n) is 5.46. The molecule has 0 unspecified atom stereocenters. The molecule has 6 heteroatoms. The molecule has 0 bridgehead atoms.